The maximum absolute atomic E-state index is 14.4. The Labute approximate surface area is 139 Å². The molecule has 2 aromatic carbocycles. The molecule has 5 heteroatoms. The van der Waals surface area contributed by atoms with Gasteiger partial charge in [-0.3, -0.25) is 0 Å². The Balaban J connectivity index is 2.08. The standard InChI is InChI=1S/C19H20F3NO/c1-23-10-4-9-16(23)19(24)17(12-5-2-6-13(20)11-12)14-7-3-8-15(21)18(14)22/h2-3,5-8,11,16-17,19,24H,4,9-10H2,1H3/t16-,17+,19-/m1/s1. The van der Waals surface area contributed by atoms with Crippen LogP contribution in [-0.4, -0.2) is 35.7 Å². The summed E-state index contributed by atoms with van der Waals surface area (Å²) in [7, 11) is 1.89. The van der Waals surface area contributed by atoms with Gasteiger partial charge >= 0.3 is 0 Å². The van der Waals surface area contributed by atoms with E-state index in [9.17, 15) is 18.3 Å². The molecule has 2 aromatic rings. The number of nitrogens with zero attached hydrogens (tertiary/aromatic N) is 1. The fraction of sp³-hybridized carbons (Fsp3) is 0.368. The molecular formula is C19H20F3NO. The Morgan fingerprint density at radius 3 is 2.54 bits per heavy atom. The number of halogens is 3. The first-order chi connectivity index (χ1) is 11.5. The Kier molecular flexibility index (Phi) is 4.92. The van der Waals surface area contributed by atoms with Gasteiger partial charge in [-0.1, -0.05) is 24.3 Å². The van der Waals surface area contributed by atoms with Crippen molar-refractivity contribution in [1.29, 1.82) is 0 Å². The molecule has 0 spiro atoms. The van der Waals surface area contributed by atoms with Gasteiger partial charge in [0.05, 0.1) is 6.10 Å². The number of hydrogen-bond donors (Lipinski definition) is 1. The highest BCUT2D eigenvalue weighted by atomic mass is 19.2. The van der Waals surface area contributed by atoms with E-state index in [1.54, 1.807) is 6.07 Å². The van der Waals surface area contributed by atoms with E-state index in [1.807, 2.05) is 11.9 Å². The lowest BCUT2D eigenvalue weighted by Gasteiger charge is -2.32. The van der Waals surface area contributed by atoms with Crippen LogP contribution < -0.4 is 0 Å². The molecule has 1 N–H and O–H groups in total. The average molecular weight is 335 g/mol. The molecule has 0 radical (unpaired) electrons. The largest absolute Gasteiger partial charge is 0.391 e. The zero-order chi connectivity index (χ0) is 17.3. The zero-order valence-electron chi connectivity index (χ0n) is 13.4. The number of aliphatic hydroxyl groups excluding tert-OH is 1. The third-order valence-corrected chi connectivity index (χ3v) is 4.84. The Morgan fingerprint density at radius 2 is 1.88 bits per heavy atom. The van der Waals surface area contributed by atoms with Crippen molar-refractivity contribution in [3.63, 3.8) is 0 Å². The predicted molar refractivity (Wildman–Crippen MR) is 86.3 cm³/mol. The van der Waals surface area contributed by atoms with Crippen molar-refractivity contribution in [2.24, 2.45) is 0 Å². The molecule has 3 rings (SSSR count). The van der Waals surface area contributed by atoms with Gasteiger partial charge in [0.1, 0.15) is 5.82 Å². The van der Waals surface area contributed by atoms with Crippen molar-refractivity contribution < 1.29 is 18.3 Å². The van der Waals surface area contributed by atoms with E-state index in [4.69, 9.17) is 0 Å². The molecule has 0 bridgehead atoms. The summed E-state index contributed by atoms with van der Waals surface area (Å²) in [6, 6.07) is 9.42. The van der Waals surface area contributed by atoms with E-state index >= 15 is 0 Å². The van der Waals surface area contributed by atoms with Crippen molar-refractivity contribution >= 4 is 0 Å². The lowest BCUT2D eigenvalue weighted by atomic mass is 9.82. The van der Waals surface area contributed by atoms with Gasteiger partial charge in [0.25, 0.3) is 0 Å². The monoisotopic (exact) mass is 335 g/mol. The summed E-state index contributed by atoms with van der Waals surface area (Å²) in [5.41, 5.74) is 0.487. The minimum Gasteiger partial charge on any atom is -0.391 e. The number of benzene rings is 2. The average Bonchev–Trinajstić information content (AvgIpc) is 2.98. The molecule has 128 valence electrons. The molecule has 1 saturated heterocycles. The van der Waals surface area contributed by atoms with Crippen LogP contribution in [0.15, 0.2) is 42.5 Å². The molecule has 0 amide bonds. The van der Waals surface area contributed by atoms with Crippen molar-refractivity contribution in [2.45, 2.75) is 30.9 Å². The summed E-state index contributed by atoms with van der Waals surface area (Å²) in [6.45, 7) is 0.837. The number of likely N-dealkylation sites (tertiary alicyclic amines) is 1. The van der Waals surface area contributed by atoms with E-state index in [-0.39, 0.29) is 11.6 Å². The highest BCUT2D eigenvalue weighted by Gasteiger charge is 2.36. The van der Waals surface area contributed by atoms with Gasteiger partial charge in [-0.25, -0.2) is 13.2 Å². The second kappa shape index (κ2) is 6.95. The molecule has 1 aliphatic rings. The van der Waals surface area contributed by atoms with E-state index < -0.39 is 29.5 Å². The van der Waals surface area contributed by atoms with Crippen molar-refractivity contribution in [1.82, 2.24) is 4.90 Å². The highest BCUT2D eigenvalue weighted by molar-refractivity contribution is 5.36. The van der Waals surface area contributed by atoms with Crippen LogP contribution in [0.1, 0.15) is 29.9 Å². The third kappa shape index (κ3) is 3.19. The van der Waals surface area contributed by atoms with Crippen LogP contribution in [0.25, 0.3) is 0 Å². The van der Waals surface area contributed by atoms with E-state index in [0.717, 1.165) is 25.5 Å². The van der Waals surface area contributed by atoms with Gasteiger partial charge in [-0.15, -0.1) is 0 Å². The number of hydrogen-bond acceptors (Lipinski definition) is 2. The first kappa shape index (κ1) is 17.0. The Morgan fingerprint density at radius 1 is 1.12 bits per heavy atom. The molecule has 1 aliphatic heterocycles. The number of aliphatic hydroxyl groups is 1. The minimum atomic E-state index is -0.994. The molecule has 0 saturated carbocycles. The lowest BCUT2D eigenvalue weighted by Crippen LogP contribution is -2.40. The van der Waals surface area contributed by atoms with Crippen LogP contribution in [0.3, 0.4) is 0 Å². The van der Waals surface area contributed by atoms with E-state index in [2.05, 4.69) is 0 Å². The number of rotatable bonds is 4. The second-order valence-corrected chi connectivity index (χ2v) is 6.36. The first-order valence-electron chi connectivity index (χ1n) is 8.06. The van der Waals surface area contributed by atoms with Crippen molar-refractivity contribution in [3.05, 3.63) is 71.0 Å². The lowest BCUT2D eigenvalue weighted by molar-refractivity contribution is 0.0712. The summed E-state index contributed by atoms with van der Waals surface area (Å²) in [6.07, 6.45) is 0.732. The van der Waals surface area contributed by atoms with Gasteiger partial charge in [0.15, 0.2) is 11.6 Å². The fourth-order valence-corrected chi connectivity index (χ4v) is 3.61. The van der Waals surface area contributed by atoms with Gasteiger partial charge < -0.3 is 10.0 Å². The quantitative estimate of drug-likeness (QED) is 0.921. The fourth-order valence-electron chi connectivity index (χ4n) is 3.61. The van der Waals surface area contributed by atoms with Crippen LogP contribution in [0.4, 0.5) is 13.2 Å². The molecule has 1 heterocycles. The zero-order valence-corrected chi connectivity index (χ0v) is 13.4. The minimum absolute atomic E-state index is 0.0494. The molecule has 3 atom stereocenters. The van der Waals surface area contributed by atoms with E-state index in [1.165, 1.54) is 30.3 Å². The van der Waals surface area contributed by atoms with Crippen molar-refractivity contribution in [2.75, 3.05) is 13.6 Å². The smallest absolute Gasteiger partial charge is 0.162 e. The summed E-state index contributed by atoms with van der Waals surface area (Å²) < 4.78 is 41.8. The summed E-state index contributed by atoms with van der Waals surface area (Å²) in [5, 5.41) is 10.9. The predicted octanol–water partition coefficient (Wildman–Crippen LogP) is 3.69. The molecule has 2 nitrogen and oxygen atoms in total. The maximum atomic E-state index is 14.4. The molecular weight excluding hydrogens is 315 g/mol. The SMILES string of the molecule is CN1CCC[C@@H]1[C@@H](O)[C@@H](c1cccc(F)c1)c1cccc(F)c1F. The van der Waals surface area contributed by atoms with Crippen LogP contribution in [0.2, 0.25) is 0 Å². The van der Waals surface area contributed by atoms with E-state index in [0.29, 0.717) is 5.56 Å². The molecule has 1 fully saturated rings. The Hall–Kier alpha value is -1.85. The molecule has 0 unspecified atom stereocenters. The number of likely N-dealkylation sites (N-methyl/N-ethyl adjacent to an activating group) is 1. The van der Waals surface area contributed by atoms with Gasteiger partial charge in [-0.2, -0.15) is 0 Å². The van der Waals surface area contributed by atoms with Gasteiger partial charge in [-0.05, 0) is 50.2 Å². The topological polar surface area (TPSA) is 23.5 Å². The Bertz CT molecular complexity index is 722. The third-order valence-electron chi connectivity index (χ3n) is 4.84. The maximum Gasteiger partial charge on any atom is 0.162 e. The highest BCUT2D eigenvalue weighted by Crippen LogP contribution is 2.35. The summed E-state index contributed by atoms with van der Waals surface area (Å²) >= 11 is 0. The van der Waals surface area contributed by atoms with Crippen LogP contribution in [-0.2, 0) is 0 Å². The van der Waals surface area contributed by atoms with Gasteiger partial charge in [0.2, 0.25) is 0 Å². The van der Waals surface area contributed by atoms with Crippen LogP contribution in [0, 0.1) is 17.5 Å². The molecule has 24 heavy (non-hydrogen) atoms. The molecule has 0 aliphatic carbocycles. The molecule has 0 aromatic heterocycles. The first-order valence-corrected chi connectivity index (χ1v) is 8.06. The normalized spacial score (nSPS) is 21.0. The van der Waals surface area contributed by atoms with Crippen LogP contribution in [0.5, 0.6) is 0 Å². The second-order valence-electron chi connectivity index (χ2n) is 6.36. The van der Waals surface area contributed by atoms with Crippen molar-refractivity contribution in [3.8, 4) is 0 Å². The van der Waals surface area contributed by atoms with Crippen LogP contribution >= 0.6 is 0 Å². The summed E-state index contributed by atoms with van der Waals surface area (Å²) in [4.78, 5) is 2.01. The summed E-state index contributed by atoms with van der Waals surface area (Å²) in [5.74, 6) is -3.27. The van der Waals surface area contributed by atoms with Gasteiger partial charge in [0, 0.05) is 17.5 Å².